The zero-order valence-corrected chi connectivity index (χ0v) is 16.8. The summed E-state index contributed by atoms with van der Waals surface area (Å²) in [6.07, 6.45) is -0.539. The van der Waals surface area contributed by atoms with E-state index in [1.807, 2.05) is 12.1 Å². The number of para-hydroxylation sites is 1. The van der Waals surface area contributed by atoms with Gasteiger partial charge in [-0.05, 0) is 36.8 Å². The number of piperidine rings is 1. The summed E-state index contributed by atoms with van der Waals surface area (Å²) in [5, 5.41) is 14.5. The van der Waals surface area contributed by atoms with Crippen molar-refractivity contribution in [1.82, 2.24) is 4.90 Å². The normalized spacial score (nSPS) is 23.0. The summed E-state index contributed by atoms with van der Waals surface area (Å²) in [6, 6.07) is 12.5. The third-order valence-corrected chi connectivity index (χ3v) is 5.94. The van der Waals surface area contributed by atoms with Crippen LogP contribution in [0, 0.1) is 15.9 Å². The third-order valence-electron chi connectivity index (χ3n) is 5.94. The fourth-order valence-corrected chi connectivity index (χ4v) is 4.39. The first kappa shape index (κ1) is 20.9. The van der Waals surface area contributed by atoms with Gasteiger partial charge in [0, 0.05) is 42.0 Å². The van der Waals surface area contributed by atoms with Gasteiger partial charge in [-0.3, -0.25) is 20.2 Å². The van der Waals surface area contributed by atoms with Crippen LogP contribution in [-0.2, 0) is 10.3 Å². The molecular weight excluding hydrogens is 405 g/mol. The Bertz CT molecular complexity index is 1010. The van der Waals surface area contributed by atoms with Crippen LogP contribution in [0.4, 0.5) is 14.9 Å². The smallest absolute Gasteiger partial charge is 0.412 e. The standard InChI is InChI=1S/C22H22FN3O5/c23-16-9-7-15(8-10-16)19(27)6-3-12-25-13-11-22(14-20(25)26(29)30)17-4-1-2-5-18(17)24-21(28)31-22/h1-2,4-5,7-10,20H,3,6,11-14H2,(H,24,28). The minimum atomic E-state index is -1.04. The summed E-state index contributed by atoms with van der Waals surface area (Å²) in [5.74, 6) is -0.542. The molecule has 1 amide bonds. The molecule has 8 nitrogen and oxygen atoms in total. The lowest BCUT2D eigenvalue weighted by Gasteiger charge is -2.44. The molecule has 1 saturated heterocycles. The molecule has 1 N–H and O–H groups in total. The molecular formula is C22H22FN3O5. The van der Waals surface area contributed by atoms with Crippen molar-refractivity contribution in [2.75, 3.05) is 18.4 Å². The van der Waals surface area contributed by atoms with Crippen LogP contribution in [0.1, 0.15) is 41.6 Å². The van der Waals surface area contributed by atoms with Crippen molar-refractivity contribution in [2.45, 2.75) is 37.5 Å². The number of ketones is 1. The molecule has 4 rings (SSSR count). The second kappa shape index (κ2) is 8.43. The SMILES string of the molecule is O=C1Nc2ccccc2C2(CCN(CCCC(=O)c3ccc(F)cc3)C([N+](=O)[O-])C2)O1. The molecule has 0 aromatic heterocycles. The van der Waals surface area contributed by atoms with Gasteiger partial charge in [0.1, 0.15) is 5.82 Å². The Labute approximate surface area is 178 Å². The van der Waals surface area contributed by atoms with E-state index in [4.69, 9.17) is 4.74 Å². The zero-order chi connectivity index (χ0) is 22.0. The highest BCUT2D eigenvalue weighted by atomic mass is 19.1. The van der Waals surface area contributed by atoms with Gasteiger partial charge in [0.25, 0.3) is 6.17 Å². The van der Waals surface area contributed by atoms with Crippen LogP contribution in [-0.4, -0.2) is 41.0 Å². The van der Waals surface area contributed by atoms with Crippen molar-refractivity contribution in [3.8, 4) is 0 Å². The first-order valence-electron chi connectivity index (χ1n) is 10.1. The fourth-order valence-electron chi connectivity index (χ4n) is 4.39. The maximum absolute atomic E-state index is 13.0. The average Bonchev–Trinajstić information content (AvgIpc) is 2.75. The Balaban J connectivity index is 1.43. The number of rotatable bonds is 6. The van der Waals surface area contributed by atoms with E-state index in [-0.39, 0.29) is 23.5 Å². The third kappa shape index (κ3) is 4.27. The first-order valence-corrected chi connectivity index (χ1v) is 10.1. The number of ether oxygens (including phenoxy) is 1. The number of halogens is 1. The lowest BCUT2D eigenvalue weighted by molar-refractivity contribution is -0.559. The minimum absolute atomic E-state index is 0.0380. The predicted octanol–water partition coefficient (Wildman–Crippen LogP) is 3.94. The molecule has 2 aliphatic heterocycles. The summed E-state index contributed by atoms with van der Waals surface area (Å²) >= 11 is 0. The fraction of sp³-hybridized carbons (Fsp3) is 0.364. The van der Waals surface area contributed by atoms with Crippen LogP contribution < -0.4 is 5.32 Å². The summed E-state index contributed by atoms with van der Waals surface area (Å²) < 4.78 is 18.6. The second-order valence-corrected chi connectivity index (χ2v) is 7.84. The molecule has 2 unspecified atom stereocenters. The van der Waals surface area contributed by atoms with Gasteiger partial charge < -0.3 is 4.74 Å². The lowest BCUT2D eigenvalue weighted by atomic mass is 9.81. The molecule has 31 heavy (non-hydrogen) atoms. The molecule has 2 aliphatic rings. The van der Waals surface area contributed by atoms with E-state index in [1.54, 1.807) is 17.0 Å². The van der Waals surface area contributed by atoms with E-state index in [0.29, 0.717) is 37.2 Å². The van der Waals surface area contributed by atoms with Crippen LogP contribution in [0.15, 0.2) is 48.5 Å². The molecule has 1 fully saturated rings. The van der Waals surface area contributed by atoms with Gasteiger partial charge in [0.2, 0.25) is 0 Å². The van der Waals surface area contributed by atoms with E-state index in [9.17, 15) is 24.1 Å². The molecule has 2 aromatic carbocycles. The number of carbonyl (C=O) groups is 2. The van der Waals surface area contributed by atoms with Crippen molar-refractivity contribution in [3.63, 3.8) is 0 Å². The maximum atomic E-state index is 13.0. The number of nitrogens with one attached hydrogen (secondary N) is 1. The number of likely N-dealkylation sites (tertiary alicyclic amines) is 1. The van der Waals surface area contributed by atoms with Gasteiger partial charge in [-0.1, -0.05) is 18.2 Å². The molecule has 2 atom stereocenters. The Morgan fingerprint density at radius 2 is 2.00 bits per heavy atom. The number of carbonyl (C=O) groups excluding carboxylic acids is 2. The molecule has 2 aromatic rings. The van der Waals surface area contributed by atoms with Gasteiger partial charge >= 0.3 is 6.09 Å². The lowest BCUT2D eigenvalue weighted by Crippen LogP contribution is -2.55. The number of benzene rings is 2. The van der Waals surface area contributed by atoms with Crippen molar-refractivity contribution in [3.05, 3.63) is 75.6 Å². The molecule has 0 radical (unpaired) electrons. The Hall–Kier alpha value is -3.33. The van der Waals surface area contributed by atoms with Crippen LogP contribution in [0.3, 0.4) is 0 Å². The van der Waals surface area contributed by atoms with E-state index < -0.39 is 23.7 Å². The van der Waals surface area contributed by atoms with Gasteiger partial charge in [-0.15, -0.1) is 0 Å². The summed E-state index contributed by atoms with van der Waals surface area (Å²) in [5.41, 5.74) is 0.728. The number of hydrogen-bond donors (Lipinski definition) is 1. The highest BCUT2D eigenvalue weighted by Gasteiger charge is 2.51. The number of nitro groups is 1. The molecule has 0 aliphatic carbocycles. The highest BCUT2D eigenvalue weighted by molar-refractivity contribution is 5.96. The molecule has 9 heteroatoms. The van der Waals surface area contributed by atoms with Gasteiger partial charge in [0.15, 0.2) is 11.4 Å². The largest absolute Gasteiger partial charge is 0.437 e. The Morgan fingerprint density at radius 3 is 2.74 bits per heavy atom. The van der Waals surface area contributed by atoms with Crippen LogP contribution in [0.25, 0.3) is 0 Å². The van der Waals surface area contributed by atoms with E-state index in [1.165, 1.54) is 24.3 Å². The summed E-state index contributed by atoms with van der Waals surface area (Å²) in [7, 11) is 0. The number of nitrogens with zero attached hydrogens (tertiary/aromatic N) is 2. The quantitative estimate of drug-likeness (QED) is 0.426. The molecule has 0 saturated carbocycles. The van der Waals surface area contributed by atoms with Crippen molar-refractivity contribution >= 4 is 17.6 Å². The minimum Gasteiger partial charge on any atom is -0.437 e. The Kier molecular flexibility index (Phi) is 5.69. The highest BCUT2D eigenvalue weighted by Crippen LogP contribution is 2.45. The summed E-state index contributed by atoms with van der Waals surface area (Å²) in [4.78, 5) is 37.6. The van der Waals surface area contributed by atoms with Crippen molar-refractivity contribution in [1.29, 1.82) is 0 Å². The van der Waals surface area contributed by atoms with Gasteiger partial charge in [-0.25, -0.2) is 14.1 Å². The van der Waals surface area contributed by atoms with Crippen LogP contribution in [0.2, 0.25) is 0 Å². The van der Waals surface area contributed by atoms with E-state index >= 15 is 0 Å². The molecule has 162 valence electrons. The number of fused-ring (bicyclic) bond motifs is 2. The predicted molar refractivity (Wildman–Crippen MR) is 110 cm³/mol. The topological polar surface area (TPSA) is 102 Å². The molecule has 2 heterocycles. The number of Topliss-reactive ketones (excluding diaryl/α,β-unsaturated/α-hetero) is 1. The monoisotopic (exact) mass is 427 g/mol. The van der Waals surface area contributed by atoms with Gasteiger partial charge in [0.05, 0.1) is 12.1 Å². The maximum Gasteiger partial charge on any atom is 0.412 e. The van der Waals surface area contributed by atoms with Gasteiger partial charge in [-0.2, -0.15) is 0 Å². The molecule has 1 spiro atoms. The van der Waals surface area contributed by atoms with E-state index in [0.717, 1.165) is 5.56 Å². The zero-order valence-electron chi connectivity index (χ0n) is 16.8. The number of anilines is 1. The number of amides is 1. The van der Waals surface area contributed by atoms with Crippen LogP contribution >= 0.6 is 0 Å². The van der Waals surface area contributed by atoms with Crippen molar-refractivity contribution in [2.24, 2.45) is 0 Å². The van der Waals surface area contributed by atoms with Crippen LogP contribution in [0.5, 0.6) is 0 Å². The molecule has 0 bridgehead atoms. The second-order valence-electron chi connectivity index (χ2n) is 7.84. The Morgan fingerprint density at radius 1 is 1.26 bits per heavy atom. The first-order chi connectivity index (χ1) is 14.9. The average molecular weight is 427 g/mol. The van der Waals surface area contributed by atoms with Crippen molar-refractivity contribution < 1.29 is 23.6 Å². The summed E-state index contributed by atoms with van der Waals surface area (Å²) in [6.45, 7) is 0.723. The van der Waals surface area contributed by atoms with E-state index in [2.05, 4.69) is 5.32 Å². The number of hydrogen-bond acceptors (Lipinski definition) is 6.